The van der Waals surface area contributed by atoms with Crippen molar-refractivity contribution in [2.24, 2.45) is 0 Å². The molecule has 2 aliphatic heterocycles. The van der Waals surface area contributed by atoms with Crippen LogP contribution >= 0.6 is 23.7 Å². The van der Waals surface area contributed by atoms with Crippen molar-refractivity contribution in [1.29, 1.82) is 0 Å². The summed E-state index contributed by atoms with van der Waals surface area (Å²) in [5.41, 5.74) is 0.679. The number of hydrogen-bond donors (Lipinski definition) is 0. The molecule has 0 saturated carbocycles. The Morgan fingerprint density at radius 1 is 1.19 bits per heavy atom. The number of para-hydroxylation sites is 1. The summed E-state index contributed by atoms with van der Waals surface area (Å²) >= 11 is 1.66. The number of aromatic nitrogens is 2. The van der Waals surface area contributed by atoms with Crippen LogP contribution in [-0.4, -0.2) is 33.7 Å². The molecule has 3 aromatic rings. The molecule has 2 bridgehead atoms. The van der Waals surface area contributed by atoms with Gasteiger partial charge in [-0.15, -0.1) is 23.7 Å². The number of pyridine rings is 1. The number of nitrogens with zero attached hydrogens (tertiary/aromatic N) is 3. The molecule has 2 saturated heterocycles. The molecule has 3 atom stereocenters. The Balaban J connectivity index is 0.00000231. The fraction of sp³-hybridized carbons (Fsp3) is 0.435. The second-order valence-corrected chi connectivity index (χ2v) is 9.36. The van der Waals surface area contributed by atoms with Crippen molar-refractivity contribution in [3.05, 3.63) is 57.8 Å². The molecule has 164 valence electrons. The van der Waals surface area contributed by atoms with Crippen LogP contribution in [0.2, 0.25) is 0 Å². The smallest absolute Gasteiger partial charge is 0.344 e. The molecule has 5 rings (SSSR count). The second-order valence-electron chi connectivity index (χ2n) is 8.49. The quantitative estimate of drug-likeness (QED) is 0.523. The topological polar surface area (TPSA) is 64.4 Å². The molecule has 1 unspecified atom stereocenters. The Hall–Kier alpha value is -2.38. The molecule has 8 heteroatoms. The zero-order valence-electron chi connectivity index (χ0n) is 17.6. The summed E-state index contributed by atoms with van der Waals surface area (Å²) in [6.45, 7) is 3.91. The lowest BCUT2D eigenvalue weighted by atomic mass is 10.00. The van der Waals surface area contributed by atoms with Gasteiger partial charge in [-0.3, -0.25) is 4.79 Å². The van der Waals surface area contributed by atoms with Gasteiger partial charge < -0.3 is 14.2 Å². The first-order valence-corrected chi connectivity index (χ1v) is 11.4. The maximum absolute atomic E-state index is 13.1. The number of rotatable bonds is 4. The highest BCUT2D eigenvalue weighted by Gasteiger charge is 2.43. The lowest BCUT2D eigenvalue weighted by molar-refractivity contribution is 0.0201. The van der Waals surface area contributed by atoms with E-state index in [9.17, 15) is 9.59 Å². The Bertz CT molecular complexity index is 1130. The van der Waals surface area contributed by atoms with Crippen molar-refractivity contribution in [1.82, 2.24) is 9.55 Å². The lowest BCUT2D eigenvalue weighted by Gasteiger charge is -2.38. The third kappa shape index (κ3) is 3.85. The Kier molecular flexibility index (Phi) is 6.08. The average Bonchev–Trinajstić information content (AvgIpc) is 3.33. The first-order chi connectivity index (χ1) is 14.5. The van der Waals surface area contributed by atoms with Gasteiger partial charge in [-0.2, -0.15) is 0 Å². The fourth-order valence-electron chi connectivity index (χ4n) is 5.04. The van der Waals surface area contributed by atoms with E-state index < -0.39 is 5.97 Å². The number of halogens is 1. The summed E-state index contributed by atoms with van der Waals surface area (Å²) in [4.78, 5) is 33.0. The third-order valence-corrected chi connectivity index (χ3v) is 7.07. The predicted octanol–water partition coefficient (Wildman–Crippen LogP) is 4.82. The molecule has 2 fully saturated rings. The number of carbonyl (C=O) groups is 1. The molecule has 0 N–H and O–H groups in total. The van der Waals surface area contributed by atoms with Crippen LogP contribution in [0, 0.1) is 0 Å². The minimum atomic E-state index is -0.507. The van der Waals surface area contributed by atoms with Crippen LogP contribution in [0.5, 0.6) is 0 Å². The van der Waals surface area contributed by atoms with E-state index in [1.54, 1.807) is 22.0 Å². The van der Waals surface area contributed by atoms with Crippen LogP contribution in [0.4, 0.5) is 5.13 Å². The summed E-state index contributed by atoms with van der Waals surface area (Å²) in [5, 5.41) is 3.93. The van der Waals surface area contributed by atoms with Gasteiger partial charge in [0.2, 0.25) is 0 Å². The molecule has 1 aromatic carbocycles. The average molecular weight is 460 g/mol. The number of piperidine rings is 1. The number of thiazole rings is 1. The van der Waals surface area contributed by atoms with Gasteiger partial charge in [0.05, 0.1) is 5.52 Å². The first-order valence-electron chi connectivity index (χ1n) is 10.6. The van der Waals surface area contributed by atoms with Crippen molar-refractivity contribution in [2.45, 2.75) is 63.8 Å². The van der Waals surface area contributed by atoms with Crippen molar-refractivity contribution < 1.29 is 9.53 Å². The van der Waals surface area contributed by atoms with E-state index in [-0.39, 0.29) is 35.7 Å². The third-order valence-electron chi connectivity index (χ3n) is 6.29. The van der Waals surface area contributed by atoms with E-state index in [1.807, 2.05) is 49.7 Å². The van der Waals surface area contributed by atoms with Crippen LogP contribution in [0.25, 0.3) is 10.9 Å². The van der Waals surface area contributed by atoms with E-state index in [0.29, 0.717) is 12.1 Å². The first kappa shape index (κ1) is 21.8. The van der Waals surface area contributed by atoms with Crippen LogP contribution in [0.15, 0.2) is 46.7 Å². The number of esters is 1. The zero-order valence-corrected chi connectivity index (χ0v) is 19.2. The monoisotopic (exact) mass is 459 g/mol. The number of ether oxygens (including phenoxy) is 1. The van der Waals surface area contributed by atoms with Gasteiger partial charge in [-0.1, -0.05) is 18.2 Å². The molecule has 6 nitrogen and oxygen atoms in total. The summed E-state index contributed by atoms with van der Waals surface area (Å²) in [6.07, 6.45) is 5.43. The van der Waals surface area contributed by atoms with Gasteiger partial charge in [0.1, 0.15) is 11.7 Å². The van der Waals surface area contributed by atoms with E-state index in [1.165, 1.54) is 0 Å². The van der Waals surface area contributed by atoms with Gasteiger partial charge in [-0.25, -0.2) is 9.78 Å². The Morgan fingerprint density at radius 3 is 2.55 bits per heavy atom. The maximum Gasteiger partial charge on any atom is 0.344 e. The summed E-state index contributed by atoms with van der Waals surface area (Å²) in [6, 6.07) is 9.98. The van der Waals surface area contributed by atoms with Crippen molar-refractivity contribution in [3.63, 3.8) is 0 Å². The number of fused-ring (bicyclic) bond motifs is 3. The molecule has 4 heterocycles. The van der Waals surface area contributed by atoms with E-state index in [4.69, 9.17) is 4.74 Å². The van der Waals surface area contributed by atoms with Crippen molar-refractivity contribution in [3.8, 4) is 0 Å². The maximum atomic E-state index is 13.1. The predicted molar refractivity (Wildman–Crippen MR) is 126 cm³/mol. The van der Waals surface area contributed by atoms with Gasteiger partial charge in [-0.05, 0) is 44.2 Å². The van der Waals surface area contributed by atoms with Crippen molar-refractivity contribution in [2.75, 3.05) is 4.90 Å². The van der Waals surface area contributed by atoms with Gasteiger partial charge >= 0.3 is 5.97 Å². The van der Waals surface area contributed by atoms with Crippen molar-refractivity contribution >= 4 is 45.7 Å². The number of anilines is 1. The standard InChI is InChI=1S/C23H25N3O3S.ClH/c1-14(2)25-20-6-4-3-5-15(20)11-19(21(25)27)22(28)29-18-12-16-7-8-17(13-18)26(16)23-24-9-10-30-23;/h3-6,9-11,14,16-18H,7-8,12-13H2,1-2H3;1H/t16-,17+,18?;. The van der Waals surface area contributed by atoms with Gasteiger partial charge in [0, 0.05) is 42.5 Å². The van der Waals surface area contributed by atoms with E-state index in [2.05, 4.69) is 9.88 Å². The minimum Gasteiger partial charge on any atom is -0.458 e. The Morgan fingerprint density at radius 2 is 1.90 bits per heavy atom. The number of hydrogen-bond acceptors (Lipinski definition) is 6. The van der Waals surface area contributed by atoms with Crippen LogP contribution in [0.3, 0.4) is 0 Å². The highest BCUT2D eigenvalue weighted by atomic mass is 35.5. The summed E-state index contributed by atoms with van der Waals surface area (Å²) in [5.74, 6) is -0.507. The number of benzene rings is 1. The van der Waals surface area contributed by atoms with E-state index >= 15 is 0 Å². The minimum absolute atomic E-state index is 0. The summed E-state index contributed by atoms with van der Waals surface area (Å²) in [7, 11) is 0. The molecule has 0 amide bonds. The second kappa shape index (κ2) is 8.63. The highest BCUT2D eigenvalue weighted by molar-refractivity contribution is 7.13. The zero-order chi connectivity index (χ0) is 20.8. The van der Waals surface area contributed by atoms with Gasteiger partial charge in [0.25, 0.3) is 5.56 Å². The molecule has 0 aliphatic carbocycles. The molecular formula is C23H26ClN3O3S. The van der Waals surface area contributed by atoms with Crippen LogP contribution in [0.1, 0.15) is 55.9 Å². The van der Waals surface area contributed by atoms with E-state index in [0.717, 1.165) is 41.7 Å². The normalized spacial score (nSPS) is 22.5. The largest absolute Gasteiger partial charge is 0.458 e. The molecule has 2 aromatic heterocycles. The number of carbonyl (C=O) groups excluding carboxylic acids is 1. The molecular weight excluding hydrogens is 434 g/mol. The lowest BCUT2D eigenvalue weighted by Crippen LogP contribution is -2.46. The van der Waals surface area contributed by atoms with Gasteiger partial charge in [0.15, 0.2) is 5.13 Å². The summed E-state index contributed by atoms with van der Waals surface area (Å²) < 4.78 is 7.57. The SMILES string of the molecule is CC(C)n1c(=O)c(C(=O)OC2C[C@H]3CC[C@@H](C2)N3c2nccs2)cc2ccccc21.Cl. The van der Waals surface area contributed by atoms with Crippen LogP contribution < -0.4 is 10.5 Å². The molecule has 31 heavy (non-hydrogen) atoms. The molecule has 0 radical (unpaired) electrons. The van der Waals surface area contributed by atoms with Crippen LogP contribution in [-0.2, 0) is 4.74 Å². The highest BCUT2D eigenvalue weighted by Crippen LogP contribution is 2.41. The molecule has 2 aliphatic rings. The fourth-order valence-corrected chi connectivity index (χ4v) is 5.82. The molecule has 0 spiro atoms. The Labute approximate surface area is 191 Å².